The highest BCUT2D eigenvalue weighted by Crippen LogP contribution is 2.59. The molecule has 1 heterocycles. The van der Waals surface area contributed by atoms with Crippen molar-refractivity contribution in [2.24, 2.45) is 23.7 Å². The first-order chi connectivity index (χ1) is 6.56. The second-order valence-corrected chi connectivity index (χ2v) is 6.32. The average Bonchev–Trinajstić information content (AvgIpc) is 2.67. The normalized spacial score (nSPS) is 57.4. The number of nitrogens with zero attached hydrogens (tertiary/aromatic N) is 1. The van der Waals surface area contributed by atoms with Crippen LogP contribution in [0.1, 0.15) is 13.3 Å². The highest BCUT2D eigenvalue weighted by Gasteiger charge is 2.67. The molecule has 5 heteroatoms. The van der Waals surface area contributed by atoms with E-state index in [0.29, 0.717) is 0 Å². The molecule has 2 bridgehead atoms. The maximum absolute atomic E-state index is 11.6. The van der Waals surface area contributed by atoms with Crippen molar-refractivity contribution in [1.82, 2.24) is 0 Å². The molecule has 0 radical (unpaired) electrons. The van der Waals surface area contributed by atoms with Crippen LogP contribution in [0.2, 0.25) is 0 Å². The Hall–Kier alpha value is -0.600. The third kappa shape index (κ3) is 0.755. The average molecular weight is 213 g/mol. The summed E-state index contributed by atoms with van der Waals surface area (Å²) in [5.74, 6) is 0.207. The second kappa shape index (κ2) is 2.31. The molecule has 3 aliphatic rings. The van der Waals surface area contributed by atoms with Gasteiger partial charge < -0.3 is 0 Å². The van der Waals surface area contributed by atoms with Crippen molar-refractivity contribution in [2.75, 3.05) is 0 Å². The molecule has 3 fully saturated rings. The van der Waals surface area contributed by atoms with Crippen LogP contribution in [0.4, 0.5) is 0 Å². The molecule has 0 N–H and O–H groups in total. The molecule has 0 aromatic rings. The maximum Gasteiger partial charge on any atom is 0.272 e. The van der Waals surface area contributed by atoms with E-state index in [1.165, 1.54) is 0 Å². The molecule has 1 saturated heterocycles. The van der Waals surface area contributed by atoms with Gasteiger partial charge in [-0.3, -0.25) is 4.18 Å². The van der Waals surface area contributed by atoms with Crippen molar-refractivity contribution in [3.63, 3.8) is 0 Å². The lowest BCUT2D eigenvalue weighted by Crippen LogP contribution is -2.34. The molecule has 0 aromatic carbocycles. The van der Waals surface area contributed by atoms with E-state index in [9.17, 15) is 8.42 Å². The summed E-state index contributed by atoms with van der Waals surface area (Å²) in [4.78, 5) is 0. The fourth-order valence-corrected chi connectivity index (χ4v) is 5.61. The summed E-state index contributed by atoms with van der Waals surface area (Å²) in [6.45, 7) is 2.00. The van der Waals surface area contributed by atoms with Gasteiger partial charge in [-0.2, -0.15) is 13.7 Å². The van der Waals surface area contributed by atoms with E-state index in [1.54, 1.807) is 0 Å². The zero-order valence-electron chi connectivity index (χ0n) is 7.75. The van der Waals surface area contributed by atoms with Crippen LogP contribution in [0.15, 0.2) is 0 Å². The predicted octanol–water partition coefficient (Wildman–Crippen LogP) is 0.509. The monoisotopic (exact) mass is 213 g/mol. The number of fused-ring (bicyclic) bond motifs is 1. The molecule has 2 aliphatic carbocycles. The van der Waals surface area contributed by atoms with Crippen LogP contribution in [0, 0.1) is 35.0 Å². The Bertz CT molecular complexity index is 424. The fraction of sp³-hybridized carbons (Fsp3) is 0.889. The van der Waals surface area contributed by atoms with Crippen LogP contribution in [0.5, 0.6) is 0 Å². The molecule has 0 spiro atoms. The molecule has 1 aliphatic heterocycles. The summed E-state index contributed by atoms with van der Waals surface area (Å²) in [7, 11) is -3.45. The molecule has 3 rings (SSSR count). The molecule has 0 amide bonds. The number of hydrogen-bond donors (Lipinski definition) is 0. The lowest BCUT2D eigenvalue weighted by Gasteiger charge is -2.24. The third-order valence-corrected chi connectivity index (χ3v) is 5.92. The minimum atomic E-state index is -3.45. The van der Waals surface area contributed by atoms with Crippen molar-refractivity contribution in [3.8, 4) is 6.07 Å². The highest BCUT2D eigenvalue weighted by atomic mass is 32.2. The van der Waals surface area contributed by atoms with E-state index in [-0.39, 0.29) is 29.8 Å². The van der Waals surface area contributed by atoms with Gasteiger partial charge in [-0.05, 0) is 18.3 Å². The van der Waals surface area contributed by atoms with Crippen molar-refractivity contribution in [2.45, 2.75) is 24.7 Å². The Morgan fingerprint density at radius 1 is 1.43 bits per heavy atom. The number of nitriles is 1. The van der Waals surface area contributed by atoms with Gasteiger partial charge >= 0.3 is 0 Å². The Morgan fingerprint density at radius 3 is 2.79 bits per heavy atom. The first kappa shape index (κ1) is 8.69. The lowest BCUT2D eigenvalue weighted by molar-refractivity contribution is 0.130. The van der Waals surface area contributed by atoms with Crippen LogP contribution in [-0.4, -0.2) is 19.8 Å². The SMILES string of the molecule is CC1C2CC3C1OS(=O)(=O)C3C2C#N. The van der Waals surface area contributed by atoms with Crippen LogP contribution >= 0.6 is 0 Å². The van der Waals surface area contributed by atoms with Crippen LogP contribution < -0.4 is 0 Å². The molecule has 0 aromatic heterocycles. The zero-order chi connectivity index (χ0) is 10.1. The zero-order valence-corrected chi connectivity index (χ0v) is 8.57. The van der Waals surface area contributed by atoms with Gasteiger partial charge in [-0.25, -0.2) is 0 Å². The molecule has 76 valence electrons. The van der Waals surface area contributed by atoms with Gasteiger partial charge in [0.2, 0.25) is 0 Å². The topological polar surface area (TPSA) is 67.2 Å². The molecule has 6 atom stereocenters. The molecule has 6 unspecified atom stereocenters. The van der Waals surface area contributed by atoms with E-state index in [4.69, 9.17) is 9.44 Å². The first-order valence-electron chi connectivity index (χ1n) is 4.88. The summed E-state index contributed by atoms with van der Waals surface area (Å²) in [6.07, 6.45) is 0.716. The van der Waals surface area contributed by atoms with Crippen molar-refractivity contribution >= 4 is 10.1 Å². The van der Waals surface area contributed by atoms with Gasteiger partial charge in [0.1, 0.15) is 5.25 Å². The van der Waals surface area contributed by atoms with Crippen LogP contribution in [0.25, 0.3) is 0 Å². The summed E-state index contributed by atoms with van der Waals surface area (Å²) in [5, 5.41) is 8.46. The van der Waals surface area contributed by atoms with E-state index in [1.807, 2.05) is 6.92 Å². The molecule has 4 nitrogen and oxygen atoms in total. The summed E-state index contributed by atoms with van der Waals surface area (Å²) >= 11 is 0. The Balaban J connectivity index is 2.15. The summed E-state index contributed by atoms with van der Waals surface area (Å²) in [5.41, 5.74) is 0. The van der Waals surface area contributed by atoms with E-state index in [0.717, 1.165) is 6.42 Å². The van der Waals surface area contributed by atoms with E-state index >= 15 is 0 Å². The van der Waals surface area contributed by atoms with Crippen molar-refractivity contribution in [3.05, 3.63) is 0 Å². The Labute approximate surface area is 83.0 Å². The Kier molecular flexibility index (Phi) is 1.43. The smallest absolute Gasteiger partial charge is 0.266 e. The van der Waals surface area contributed by atoms with Crippen molar-refractivity contribution in [1.29, 1.82) is 5.26 Å². The van der Waals surface area contributed by atoms with E-state index in [2.05, 4.69) is 6.07 Å². The molecular weight excluding hydrogens is 202 g/mol. The number of rotatable bonds is 0. The number of hydrogen-bond acceptors (Lipinski definition) is 4. The van der Waals surface area contributed by atoms with Gasteiger partial charge in [-0.1, -0.05) is 6.92 Å². The second-order valence-electron chi connectivity index (χ2n) is 4.60. The van der Waals surface area contributed by atoms with Gasteiger partial charge in [0.25, 0.3) is 10.1 Å². The minimum absolute atomic E-state index is 0.0876. The molecule has 14 heavy (non-hydrogen) atoms. The fourth-order valence-electron chi connectivity index (χ4n) is 3.54. The van der Waals surface area contributed by atoms with Crippen LogP contribution in [-0.2, 0) is 14.3 Å². The van der Waals surface area contributed by atoms with Gasteiger partial charge in [-0.15, -0.1) is 0 Å². The summed E-state index contributed by atoms with van der Waals surface area (Å²) < 4.78 is 28.3. The maximum atomic E-state index is 11.6. The van der Waals surface area contributed by atoms with Gasteiger partial charge in [0, 0.05) is 5.92 Å². The molecular formula is C9H11NO3S. The first-order valence-corrected chi connectivity index (χ1v) is 6.35. The van der Waals surface area contributed by atoms with Gasteiger partial charge in [0.05, 0.1) is 18.1 Å². The summed E-state index contributed by atoms with van der Waals surface area (Å²) in [6, 6.07) is 2.15. The lowest BCUT2D eigenvalue weighted by atomic mass is 9.80. The quantitative estimate of drug-likeness (QED) is 0.550. The van der Waals surface area contributed by atoms with Crippen molar-refractivity contribution < 1.29 is 12.6 Å². The van der Waals surface area contributed by atoms with Gasteiger partial charge in [0.15, 0.2) is 0 Å². The van der Waals surface area contributed by atoms with Crippen LogP contribution in [0.3, 0.4) is 0 Å². The minimum Gasteiger partial charge on any atom is -0.266 e. The largest absolute Gasteiger partial charge is 0.272 e. The Morgan fingerprint density at radius 2 is 2.14 bits per heavy atom. The standard InChI is InChI=1S/C9H11NO3S/c1-4-5-2-6-8(4)13-14(11,12)9(6)7(5)3-10/h4-9H,2H2,1H3. The third-order valence-electron chi connectivity index (χ3n) is 4.12. The van der Waals surface area contributed by atoms with E-state index < -0.39 is 15.4 Å². The highest BCUT2D eigenvalue weighted by molar-refractivity contribution is 7.87. The predicted molar refractivity (Wildman–Crippen MR) is 47.4 cm³/mol. The molecule has 2 saturated carbocycles.